The molecule has 20 heavy (non-hydrogen) atoms. The van der Waals surface area contributed by atoms with Crippen molar-refractivity contribution in [3.05, 3.63) is 39.9 Å². The Hall–Kier alpha value is -2.77. The Morgan fingerprint density at radius 1 is 1.50 bits per heavy atom. The highest BCUT2D eigenvalue weighted by molar-refractivity contribution is 6.07. The van der Waals surface area contributed by atoms with E-state index in [9.17, 15) is 24.8 Å². The summed E-state index contributed by atoms with van der Waals surface area (Å²) in [5.74, 6) is -2.20. The number of aliphatic carboxylic acids is 1. The molecule has 0 saturated carbocycles. The predicted molar refractivity (Wildman–Crippen MR) is 68.6 cm³/mol. The maximum Gasteiger partial charge on any atom is 0.341 e. The normalized spacial score (nSPS) is 21.9. The third kappa shape index (κ3) is 2.48. The van der Waals surface area contributed by atoms with Gasteiger partial charge in [-0.3, -0.25) is 14.9 Å². The summed E-state index contributed by atoms with van der Waals surface area (Å²) in [6.07, 6.45) is 0. The Bertz CT molecular complexity index is 625. The average Bonchev–Trinajstić information content (AvgIpc) is 2.37. The number of nitro groups is 1. The number of non-ortho nitro benzene ring substituents is 1. The largest absolute Gasteiger partial charge is 0.481 e. The van der Waals surface area contributed by atoms with Gasteiger partial charge in [0.2, 0.25) is 0 Å². The summed E-state index contributed by atoms with van der Waals surface area (Å²) in [5, 5.41) is 22.4. The quantitative estimate of drug-likeness (QED) is 0.640. The number of urea groups is 1. The van der Waals surface area contributed by atoms with Crippen LogP contribution >= 0.6 is 0 Å². The molecule has 0 aliphatic carbocycles. The van der Waals surface area contributed by atoms with Crippen molar-refractivity contribution in [3.8, 4) is 0 Å². The molecule has 8 heteroatoms. The van der Waals surface area contributed by atoms with Gasteiger partial charge in [-0.05, 0) is 12.5 Å². The fourth-order valence-corrected chi connectivity index (χ4v) is 2.15. The molecule has 1 aromatic rings. The molecule has 1 aliphatic heterocycles. The highest BCUT2D eigenvalue weighted by Gasteiger charge is 2.37. The number of aliphatic imine (C=N–C) groups is 1. The Labute approximate surface area is 113 Å². The Balaban J connectivity index is 2.46. The van der Waals surface area contributed by atoms with Crippen LogP contribution in [0, 0.1) is 16.0 Å². The Kier molecular flexibility index (Phi) is 3.47. The summed E-state index contributed by atoms with van der Waals surface area (Å²) in [6, 6.07) is 3.99. The van der Waals surface area contributed by atoms with E-state index in [0.29, 0.717) is 5.56 Å². The number of benzene rings is 1. The lowest BCUT2D eigenvalue weighted by Crippen LogP contribution is -2.43. The molecule has 2 rings (SSSR count). The number of amides is 2. The molecule has 104 valence electrons. The summed E-state index contributed by atoms with van der Waals surface area (Å²) >= 11 is 0. The monoisotopic (exact) mass is 277 g/mol. The number of nitrogens with zero attached hydrogens (tertiary/aromatic N) is 2. The van der Waals surface area contributed by atoms with Gasteiger partial charge in [0.15, 0.2) is 0 Å². The molecule has 0 fully saturated rings. The first-order valence-corrected chi connectivity index (χ1v) is 5.73. The molecule has 0 saturated heterocycles. The number of nitro benzene ring substituents is 1. The smallest absolute Gasteiger partial charge is 0.341 e. The van der Waals surface area contributed by atoms with Crippen LogP contribution in [0.25, 0.3) is 0 Å². The molecular formula is C12H11N3O5. The third-order valence-electron chi connectivity index (χ3n) is 3.05. The number of hydrogen-bond donors (Lipinski definition) is 2. The van der Waals surface area contributed by atoms with Gasteiger partial charge in [0.1, 0.15) is 5.92 Å². The molecule has 2 amide bonds. The average molecular weight is 277 g/mol. The van der Waals surface area contributed by atoms with E-state index in [1.807, 2.05) is 0 Å². The third-order valence-corrected chi connectivity index (χ3v) is 3.05. The first kappa shape index (κ1) is 13.7. The van der Waals surface area contributed by atoms with Crippen LogP contribution in [0.3, 0.4) is 0 Å². The van der Waals surface area contributed by atoms with Gasteiger partial charge < -0.3 is 10.4 Å². The first-order chi connectivity index (χ1) is 9.40. The highest BCUT2D eigenvalue weighted by atomic mass is 16.6. The molecule has 2 atom stereocenters. The van der Waals surface area contributed by atoms with Gasteiger partial charge in [-0.1, -0.05) is 12.1 Å². The van der Waals surface area contributed by atoms with E-state index in [1.54, 1.807) is 0 Å². The molecule has 0 aromatic heterocycles. The summed E-state index contributed by atoms with van der Waals surface area (Å²) in [7, 11) is 0. The molecule has 0 radical (unpaired) electrons. The van der Waals surface area contributed by atoms with Gasteiger partial charge in [0.25, 0.3) is 5.69 Å². The number of carboxylic acids is 1. The van der Waals surface area contributed by atoms with Crippen LogP contribution in [0.5, 0.6) is 0 Å². The van der Waals surface area contributed by atoms with Crippen molar-refractivity contribution in [3.63, 3.8) is 0 Å². The fraction of sp³-hybridized carbons (Fsp3) is 0.250. The van der Waals surface area contributed by atoms with Crippen molar-refractivity contribution in [2.24, 2.45) is 10.9 Å². The summed E-state index contributed by atoms with van der Waals surface area (Å²) < 4.78 is 0. The maximum absolute atomic E-state index is 11.4. The number of rotatable bonds is 3. The van der Waals surface area contributed by atoms with Crippen LogP contribution in [0.2, 0.25) is 0 Å². The van der Waals surface area contributed by atoms with E-state index in [2.05, 4.69) is 10.3 Å². The van der Waals surface area contributed by atoms with Crippen molar-refractivity contribution >= 4 is 23.4 Å². The zero-order valence-corrected chi connectivity index (χ0v) is 10.4. The first-order valence-electron chi connectivity index (χ1n) is 5.73. The molecule has 8 nitrogen and oxygen atoms in total. The molecule has 1 aromatic carbocycles. The number of carboxylic acid groups (broad SMARTS) is 1. The van der Waals surface area contributed by atoms with Crippen LogP contribution in [0.15, 0.2) is 29.3 Å². The minimum Gasteiger partial charge on any atom is -0.481 e. The van der Waals surface area contributed by atoms with E-state index in [-0.39, 0.29) is 11.4 Å². The molecule has 2 N–H and O–H groups in total. The predicted octanol–water partition coefficient (Wildman–Crippen LogP) is 1.52. The van der Waals surface area contributed by atoms with Crippen molar-refractivity contribution in [2.75, 3.05) is 0 Å². The zero-order valence-electron chi connectivity index (χ0n) is 10.4. The minimum absolute atomic E-state index is 0.165. The molecular weight excluding hydrogens is 266 g/mol. The van der Waals surface area contributed by atoms with Gasteiger partial charge in [0, 0.05) is 17.8 Å². The SMILES string of the molecule is CC1=NC(=O)NC(c2cccc([N+](=O)[O-])c2)C1C(=O)O. The number of hydrogen-bond acceptors (Lipinski definition) is 4. The van der Waals surface area contributed by atoms with Crippen LogP contribution < -0.4 is 5.32 Å². The lowest BCUT2D eigenvalue weighted by Gasteiger charge is -2.28. The minimum atomic E-state index is -1.15. The fourth-order valence-electron chi connectivity index (χ4n) is 2.15. The highest BCUT2D eigenvalue weighted by Crippen LogP contribution is 2.29. The van der Waals surface area contributed by atoms with Crippen molar-refractivity contribution in [2.45, 2.75) is 13.0 Å². The standard InChI is InChI=1S/C12H11N3O5/c1-6-9(11(16)17)10(14-12(18)13-6)7-3-2-4-8(5-7)15(19)20/h2-5,9-10H,1H3,(H,14,18)(H,16,17). The van der Waals surface area contributed by atoms with Crippen LogP contribution in [0.1, 0.15) is 18.5 Å². The van der Waals surface area contributed by atoms with Crippen LogP contribution in [-0.4, -0.2) is 27.7 Å². The van der Waals surface area contributed by atoms with Gasteiger partial charge in [-0.2, -0.15) is 0 Å². The summed E-state index contributed by atoms with van der Waals surface area (Å²) in [5.41, 5.74) is 0.355. The summed E-state index contributed by atoms with van der Waals surface area (Å²) in [6.45, 7) is 1.45. The molecule has 0 bridgehead atoms. The van der Waals surface area contributed by atoms with Crippen molar-refractivity contribution in [1.82, 2.24) is 5.32 Å². The van der Waals surface area contributed by atoms with E-state index >= 15 is 0 Å². The van der Waals surface area contributed by atoms with Gasteiger partial charge >= 0.3 is 12.0 Å². The Morgan fingerprint density at radius 3 is 2.80 bits per heavy atom. The van der Waals surface area contributed by atoms with Crippen LogP contribution in [0.4, 0.5) is 10.5 Å². The van der Waals surface area contributed by atoms with E-state index in [0.717, 1.165) is 0 Å². The number of carbonyl (C=O) groups is 2. The van der Waals surface area contributed by atoms with E-state index in [4.69, 9.17) is 0 Å². The van der Waals surface area contributed by atoms with Gasteiger partial charge in [-0.15, -0.1) is 0 Å². The van der Waals surface area contributed by atoms with Gasteiger partial charge in [0.05, 0.1) is 11.0 Å². The number of carbonyl (C=O) groups excluding carboxylic acids is 1. The van der Waals surface area contributed by atoms with E-state index in [1.165, 1.54) is 31.2 Å². The molecule has 1 heterocycles. The van der Waals surface area contributed by atoms with Crippen molar-refractivity contribution < 1.29 is 19.6 Å². The second-order valence-electron chi connectivity index (χ2n) is 4.35. The van der Waals surface area contributed by atoms with E-state index < -0.39 is 28.9 Å². The van der Waals surface area contributed by atoms with Crippen LogP contribution in [-0.2, 0) is 4.79 Å². The lowest BCUT2D eigenvalue weighted by molar-refractivity contribution is -0.384. The second kappa shape index (κ2) is 5.08. The van der Waals surface area contributed by atoms with Gasteiger partial charge in [-0.25, -0.2) is 9.79 Å². The summed E-state index contributed by atoms with van der Waals surface area (Å²) in [4.78, 5) is 36.5. The molecule has 1 aliphatic rings. The Morgan fingerprint density at radius 2 is 2.20 bits per heavy atom. The second-order valence-corrected chi connectivity index (χ2v) is 4.35. The zero-order chi connectivity index (χ0) is 14.9. The topological polar surface area (TPSA) is 122 Å². The number of nitrogens with one attached hydrogen (secondary N) is 1. The lowest BCUT2D eigenvalue weighted by atomic mass is 9.88. The molecule has 0 spiro atoms. The van der Waals surface area contributed by atoms with Crippen molar-refractivity contribution in [1.29, 1.82) is 0 Å². The maximum atomic E-state index is 11.4. The molecule has 2 unspecified atom stereocenters.